The average molecular weight is 465 g/mol. The second kappa shape index (κ2) is 10.9. The molecule has 0 fully saturated rings. The number of ether oxygens (including phenoxy) is 1. The molecule has 0 aliphatic carbocycles. The molecule has 1 N–H and O–H groups in total. The number of carbonyl (C=O) groups is 2. The maximum Gasteiger partial charge on any atom is 0.243 e. The molecule has 168 valence electrons. The van der Waals surface area contributed by atoms with Crippen molar-refractivity contribution in [2.24, 2.45) is 0 Å². The highest BCUT2D eigenvalue weighted by molar-refractivity contribution is 6.42. The molecule has 2 aromatic rings. The average Bonchev–Trinajstić information content (AvgIpc) is 2.69. The van der Waals surface area contributed by atoms with E-state index in [1.54, 1.807) is 30.2 Å². The SMILES string of the molecule is CC[C@H](C(=O)NC(C)(C)C)N(Cc1cccc(OC)c1)C(=O)Cc1ccc(Cl)c(Cl)c1. The first-order valence-corrected chi connectivity index (χ1v) is 11.0. The van der Waals surface area contributed by atoms with E-state index in [-0.39, 0.29) is 24.8 Å². The Morgan fingerprint density at radius 2 is 1.77 bits per heavy atom. The van der Waals surface area contributed by atoms with Crippen molar-refractivity contribution >= 4 is 35.0 Å². The lowest BCUT2D eigenvalue weighted by Crippen LogP contribution is -2.53. The maximum absolute atomic E-state index is 13.4. The maximum atomic E-state index is 13.4. The molecule has 0 spiro atoms. The normalized spacial score (nSPS) is 12.2. The fourth-order valence-electron chi connectivity index (χ4n) is 3.27. The predicted octanol–water partition coefficient (Wildman–Crippen LogP) is 5.27. The van der Waals surface area contributed by atoms with Crippen LogP contribution < -0.4 is 10.1 Å². The third kappa shape index (κ3) is 7.44. The van der Waals surface area contributed by atoms with Crippen LogP contribution in [-0.4, -0.2) is 35.4 Å². The van der Waals surface area contributed by atoms with E-state index in [9.17, 15) is 9.59 Å². The molecule has 0 bridgehead atoms. The van der Waals surface area contributed by atoms with Gasteiger partial charge < -0.3 is 15.0 Å². The van der Waals surface area contributed by atoms with E-state index in [0.29, 0.717) is 22.2 Å². The van der Waals surface area contributed by atoms with Gasteiger partial charge in [0.25, 0.3) is 0 Å². The van der Waals surface area contributed by atoms with Gasteiger partial charge in [-0.05, 0) is 62.6 Å². The van der Waals surface area contributed by atoms with Gasteiger partial charge in [-0.15, -0.1) is 0 Å². The smallest absolute Gasteiger partial charge is 0.243 e. The van der Waals surface area contributed by atoms with Crippen LogP contribution in [0.5, 0.6) is 5.75 Å². The molecule has 2 rings (SSSR count). The molecule has 0 aliphatic heterocycles. The van der Waals surface area contributed by atoms with Crippen molar-refractivity contribution in [3.05, 3.63) is 63.6 Å². The van der Waals surface area contributed by atoms with Crippen molar-refractivity contribution in [1.29, 1.82) is 0 Å². The lowest BCUT2D eigenvalue weighted by atomic mass is 10.0. The monoisotopic (exact) mass is 464 g/mol. The van der Waals surface area contributed by atoms with Crippen LogP contribution in [0.15, 0.2) is 42.5 Å². The molecular weight excluding hydrogens is 435 g/mol. The van der Waals surface area contributed by atoms with Gasteiger partial charge >= 0.3 is 0 Å². The quantitative estimate of drug-likeness (QED) is 0.578. The number of hydrogen-bond acceptors (Lipinski definition) is 3. The molecular formula is C24H30Cl2N2O3. The predicted molar refractivity (Wildman–Crippen MR) is 126 cm³/mol. The van der Waals surface area contributed by atoms with Gasteiger partial charge in [-0.1, -0.05) is 48.3 Å². The van der Waals surface area contributed by atoms with Crippen molar-refractivity contribution in [1.82, 2.24) is 10.2 Å². The molecule has 0 heterocycles. The molecule has 0 aliphatic rings. The van der Waals surface area contributed by atoms with Gasteiger partial charge in [0.05, 0.1) is 23.6 Å². The van der Waals surface area contributed by atoms with E-state index < -0.39 is 11.6 Å². The fourth-order valence-corrected chi connectivity index (χ4v) is 3.59. The van der Waals surface area contributed by atoms with E-state index in [4.69, 9.17) is 27.9 Å². The number of amides is 2. The van der Waals surface area contributed by atoms with Crippen LogP contribution in [0.2, 0.25) is 10.0 Å². The molecule has 2 aromatic carbocycles. The van der Waals surface area contributed by atoms with E-state index >= 15 is 0 Å². The molecule has 0 radical (unpaired) electrons. The summed E-state index contributed by atoms with van der Waals surface area (Å²) in [5, 5.41) is 3.82. The zero-order valence-corrected chi connectivity index (χ0v) is 20.2. The highest BCUT2D eigenvalue weighted by Crippen LogP contribution is 2.24. The summed E-state index contributed by atoms with van der Waals surface area (Å²) in [7, 11) is 1.60. The second-order valence-corrected chi connectivity index (χ2v) is 9.28. The lowest BCUT2D eigenvalue weighted by molar-refractivity contribution is -0.141. The van der Waals surface area contributed by atoms with Crippen LogP contribution in [0.1, 0.15) is 45.2 Å². The first kappa shape index (κ1) is 25.0. The largest absolute Gasteiger partial charge is 0.497 e. The van der Waals surface area contributed by atoms with E-state index in [1.165, 1.54) is 0 Å². The van der Waals surface area contributed by atoms with Gasteiger partial charge in [-0.3, -0.25) is 9.59 Å². The van der Waals surface area contributed by atoms with Crippen LogP contribution in [0.4, 0.5) is 0 Å². The van der Waals surface area contributed by atoms with Crippen molar-refractivity contribution in [3.8, 4) is 5.75 Å². The minimum Gasteiger partial charge on any atom is -0.497 e. The zero-order valence-electron chi connectivity index (χ0n) is 18.7. The van der Waals surface area contributed by atoms with Crippen molar-refractivity contribution < 1.29 is 14.3 Å². The summed E-state index contributed by atoms with van der Waals surface area (Å²) in [4.78, 5) is 28.0. The molecule has 0 aromatic heterocycles. The number of halogens is 2. The second-order valence-electron chi connectivity index (χ2n) is 8.46. The summed E-state index contributed by atoms with van der Waals surface area (Å²) in [6, 6.07) is 12.0. The van der Waals surface area contributed by atoms with E-state index in [0.717, 1.165) is 11.1 Å². The Labute approximate surface area is 194 Å². The molecule has 0 saturated carbocycles. The van der Waals surface area contributed by atoms with Crippen LogP contribution in [0.3, 0.4) is 0 Å². The van der Waals surface area contributed by atoms with Crippen LogP contribution in [-0.2, 0) is 22.6 Å². The van der Waals surface area contributed by atoms with E-state index in [2.05, 4.69) is 5.32 Å². The van der Waals surface area contributed by atoms with Crippen molar-refractivity contribution in [2.75, 3.05) is 7.11 Å². The van der Waals surface area contributed by atoms with Crippen molar-refractivity contribution in [2.45, 2.75) is 58.7 Å². The van der Waals surface area contributed by atoms with Gasteiger partial charge in [0.1, 0.15) is 11.8 Å². The summed E-state index contributed by atoms with van der Waals surface area (Å²) >= 11 is 12.1. The van der Waals surface area contributed by atoms with E-state index in [1.807, 2.05) is 52.0 Å². The molecule has 2 amide bonds. The molecule has 5 nitrogen and oxygen atoms in total. The summed E-state index contributed by atoms with van der Waals surface area (Å²) in [5.74, 6) is 0.346. The number of nitrogens with one attached hydrogen (secondary N) is 1. The van der Waals surface area contributed by atoms with Gasteiger partial charge in [0, 0.05) is 12.1 Å². The number of hydrogen-bond donors (Lipinski definition) is 1. The Kier molecular flexibility index (Phi) is 8.78. The minimum absolute atomic E-state index is 0.111. The van der Waals surface area contributed by atoms with Crippen LogP contribution >= 0.6 is 23.2 Å². The Morgan fingerprint density at radius 3 is 2.35 bits per heavy atom. The van der Waals surface area contributed by atoms with Crippen LogP contribution in [0.25, 0.3) is 0 Å². The highest BCUT2D eigenvalue weighted by atomic mass is 35.5. The highest BCUT2D eigenvalue weighted by Gasteiger charge is 2.30. The molecule has 0 saturated heterocycles. The third-order valence-electron chi connectivity index (χ3n) is 4.71. The first-order valence-electron chi connectivity index (χ1n) is 10.2. The summed E-state index contributed by atoms with van der Waals surface area (Å²) in [6.45, 7) is 7.94. The number of methoxy groups -OCH3 is 1. The minimum atomic E-state index is -0.610. The van der Waals surface area contributed by atoms with Gasteiger partial charge in [-0.25, -0.2) is 0 Å². The fraction of sp³-hybridized carbons (Fsp3) is 0.417. The Balaban J connectivity index is 2.35. The third-order valence-corrected chi connectivity index (χ3v) is 5.45. The standard InChI is InChI=1S/C24H30Cl2N2O3/c1-6-21(23(30)27-24(2,3)4)28(15-17-8-7-9-18(12-17)31-5)22(29)14-16-10-11-19(25)20(26)13-16/h7-13,21H,6,14-15H2,1-5H3,(H,27,30)/t21-/m1/s1. The number of carbonyl (C=O) groups excluding carboxylic acids is 2. The Hall–Kier alpha value is -2.24. The Bertz CT molecular complexity index is 925. The molecule has 31 heavy (non-hydrogen) atoms. The molecule has 0 unspecified atom stereocenters. The van der Waals surface area contributed by atoms with Crippen molar-refractivity contribution in [3.63, 3.8) is 0 Å². The summed E-state index contributed by atoms with van der Waals surface area (Å²) in [5.41, 5.74) is 1.21. The van der Waals surface area contributed by atoms with Gasteiger partial charge in [0.2, 0.25) is 11.8 Å². The molecule has 7 heteroatoms. The van der Waals surface area contributed by atoms with Crippen LogP contribution in [0, 0.1) is 0 Å². The lowest BCUT2D eigenvalue weighted by Gasteiger charge is -2.33. The molecule has 1 atom stereocenters. The summed E-state index contributed by atoms with van der Waals surface area (Å²) in [6.07, 6.45) is 0.596. The number of rotatable bonds is 8. The first-order chi connectivity index (χ1) is 14.5. The topological polar surface area (TPSA) is 58.6 Å². The summed E-state index contributed by atoms with van der Waals surface area (Å²) < 4.78 is 5.31. The number of benzene rings is 2. The zero-order chi connectivity index (χ0) is 23.2. The van der Waals surface area contributed by atoms with Gasteiger partial charge in [0.15, 0.2) is 0 Å². The Morgan fingerprint density at radius 1 is 1.06 bits per heavy atom. The van der Waals surface area contributed by atoms with Gasteiger partial charge in [-0.2, -0.15) is 0 Å². The number of nitrogens with zero attached hydrogens (tertiary/aromatic N) is 1.